The number of aromatic nitrogens is 1. The molecule has 1 fully saturated rings. The van der Waals surface area contributed by atoms with E-state index in [0.29, 0.717) is 31.0 Å². The number of likely N-dealkylation sites (tertiary alicyclic amines) is 1. The molecule has 3 aromatic rings. The molecule has 2 aromatic carbocycles. The number of nitrogens with zero attached hydrogens (tertiary/aromatic N) is 3. The molecule has 4 rings (SSSR count). The van der Waals surface area contributed by atoms with Crippen molar-refractivity contribution in [3.8, 4) is 11.9 Å². The number of benzene rings is 2. The van der Waals surface area contributed by atoms with Crippen molar-refractivity contribution >= 4 is 5.91 Å². The van der Waals surface area contributed by atoms with Crippen LogP contribution in [0.5, 0.6) is 5.88 Å². The third-order valence-electron chi connectivity index (χ3n) is 5.14. The van der Waals surface area contributed by atoms with Gasteiger partial charge >= 0.3 is 0 Å². The molecule has 2 heterocycles. The summed E-state index contributed by atoms with van der Waals surface area (Å²) >= 11 is 0. The third kappa shape index (κ3) is 4.44. The number of nitriles is 1. The highest BCUT2D eigenvalue weighted by Crippen LogP contribution is 2.29. The van der Waals surface area contributed by atoms with Gasteiger partial charge < -0.3 is 9.64 Å². The lowest BCUT2D eigenvalue weighted by Crippen LogP contribution is -2.56. The van der Waals surface area contributed by atoms with Gasteiger partial charge in [0.1, 0.15) is 12.2 Å². The molecule has 144 valence electrons. The van der Waals surface area contributed by atoms with Gasteiger partial charge in [-0.1, -0.05) is 60.7 Å². The number of carbonyl (C=O) groups is 1. The highest BCUT2D eigenvalue weighted by Gasteiger charge is 2.33. The van der Waals surface area contributed by atoms with E-state index in [4.69, 9.17) is 10.00 Å². The van der Waals surface area contributed by atoms with Gasteiger partial charge in [-0.2, -0.15) is 5.26 Å². The lowest BCUT2D eigenvalue weighted by molar-refractivity contribution is -0.140. The molecule has 0 spiro atoms. The largest absolute Gasteiger partial charge is 0.471 e. The smallest absolute Gasteiger partial charge is 0.223 e. The minimum absolute atomic E-state index is 0.0325. The topological polar surface area (TPSA) is 66.2 Å². The highest BCUT2D eigenvalue weighted by molar-refractivity contribution is 5.78. The molecule has 0 saturated carbocycles. The quantitative estimate of drug-likeness (QED) is 0.650. The molecule has 5 heteroatoms. The molecule has 0 atom stereocenters. The van der Waals surface area contributed by atoms with Gasteiger partial charge in [-0.25, -0.2) is 4.98 Å². The number of carbonyl (C=O) groups excluding carboxylic acids is 1. The normalized spacial score (nSPS) is 13.6. The summed E-state index contributed by atoms with van der Waals surface area (Å²) in [4.78, 5) is 18.8. The standard InChI is InChI=1S/C24H21N3O2/c25-14-18-11-12-23(26-15-18)29-21-16-27(17-21)24(28)13-22(19-7-3-1-4-8-19)20-9-5-2-6-10-20/h1-12,15,21-22H,13,16-17H2. The highest BCUT2D eigenvalue weighted by atomic mass is 16.5. The maximum atomic E-state index is 12.9. The second-order valence-corrected chi connectivity index (χ2v) is 7.11. The van der Waals surface area contributed by atoms with E-state index in [0.717, 1.165) is 11.1 Å². The number of hydrogen-bond acceptors (Lipinski definition) is 4. The summed E-state index contributed by atoms with van der Waals surface area (Å²) in [7, 11) is 0. The molecule has 0 aliphatic carbocycles. The zero-order chi connectivity index (χ0) is 20.1. The fraction of sp³-hybridized carbons (Fsp3) is 0.208. The van der Waals surface area contributed by atoms with Crippen molar-refractivity contribution in [3.63, 3.8) is 0 Å². The number of pyridine rings is 1. The molecule has 0 radical (unpaired) electrons. The van der Waals surface area contributed by atoms with Gasteiger partial charge in [0.2, 0.25) is 11.8 Å². The first-order chi connectivity index (χ1) is 14.2. The Morgan fingerprint density at radius 3 is 2.17 bits per heavy atom. The molecular weight excluding hydrogens is 362 g/mol. The van der Waals surface area contributed by atoms with Gasteiger partial charge in [-0.15, -0.1) is 0 Å². The second kappa shape index (κ2) is 8.57. The number of amides is 1. The van der Waals surface area contributed by atoms with Crippen molar-refractivity contribution in [2.75, 3.05) is 13.1 Å². The van der Waals surface area contributed by atoms with Crippen LogP contribution in [0.1, 0.15) is 29.0 Å². The minimum Gasteiger partial charge on any atom is -0.471 e. The lowest BCUT2D eigenvalue weighted by atomic mass is 9.88. The molecule has 1 aromatic heterocycles. The van der Waals surface area contributed by atoms with Crippen LogP contribution < -0.4 is 4.74 Å². The summed E-state index contributed by atoms with van der Waals surface area (Å²) in [6.07, 6.45) is 1.85. The van der Waals surface area contributed by atoms with Gasteiger partial charge in [-0.05, 0) is 17.2 Å². The van der Waals surface area contributed by atoms with Crippen LogP contribution in [-0.2, 0) is 4.79 Å². The maximum absolute atomic E-state index is 12.9. The van der Waals surface area contributed by atoms with Crippen LogP contribution in [0.15, 0.2) is 79.0 Å². The van der Waals surface area contributed by atoms with E-state index in [1.165, 1.54) is 6.20 Å². The van der Waals surface area contributed by atoms with Gasteiger partial charge in [0.05, 0.1) is 18.7 Å². The van der Waals surface area contributed by atoms with E-state index < -0.39 is 0 Å². The van der Waals surface area contributed by atoms with Crippen LogP contribution in [-0.4, -0.2) is 35.0 Å². The van der Waals surface area contributed by atoms with Crippen LogP contribution in [0.4, 0.5) is 0 Å². The van der Waals surface area contributed by atoms with Crippen LogP contribution >= 0.6 is 0 Å². The van der Waals surface area contributed by atoms with Crippen LogP contribution in [0, 0.1) is 11.3 Å². The lowest BCUT2D eigenvalue weighted by Gasteiger charge is -2.39. The summed E-state index contributed by atoms with van der Waals surface area (Å²) in [6.45, 7) is 1.10. The predicted molar refractivity (Wildman–Crippen MR) is 109 cm³/mol. The Kier molecular flexibility index (Phi) is 5.53. The van der Waals surface area contributed by atoms with Crippen LogP contribution in [0.25, 0.3) is 0 Å². The summed E-state index contributed by atoms with van der Waals surface area (Å²) in [6, 6.07) is 25.7. The fourth-order valence-corrected chi connectivity index (χ4v) is 3.51. The molecule has 1 saturated heterocycles. The molecule has 29 heavy (non-hydrogen) atoms. The number of hydrogen-bond donors (Lipinski definition) is 0. The van der Waals surface area contributed by atoms with Gasteiger partial charge in [-0.3, -0.25) is 4.79 Å². The minimum atomic E-state index is -0.0636. The summed E-state index contributed by atoms with van der Waals surface area (Å²) in [5.74, 6) is 0.632. The SMILES string of the molecule is N#Cc1ccc(OC2CN(C(=O)CC(c3ccccc3)c3ccccc3)C2)nc1. The van der Waals surface area contributed by atoms with Gasteiger partial charge in [0.15, 0.2) is 0 Å². The van der Waals surface area contributed by atoms with E-state index in [1.54, 1.807) is 12.1 Å². The van der Waals surface area contributed by atoms with Crippen molar-refractivity contribution in [3.05, 3.63) is 95.7 Å². The zero-order valence-corrected chi connectivity index (χ0v) is 15.9. The monoisotopic (exact) mass is 383 g/mol. The molecule has 5 nitrogen and oxygen atoms in total. The fourth-order valence-electron chi connectivity index (χ4n) is 3.51. The molecule has 0 unspecified atom stereocenters. The Morgan fingerprint density at radius 2 is 1.66 bits per heavy atom. The summed E-state index contributed by atoms with van der Waals surface area (Å²) < 4.78 is 5.79. The summed E-state index contributed by atoms with van der Waals surface area (Å²) in [5, 5.41) is 8.83. The van der Waals surface area contributed by atoms with Crippen molar-refractivity contribution in [2.24, 2.45) is 0 Å². The predicted octanol–water partition coefficient (Wildman–Crippen LogP) is 3.77. The van der Waals surface area contributed by atoms with Crippen molar-refractivity contribution in [1.82, 2.24) is 9.88 Å². The number of rotatable bonds is 6. The first kappa shape index (κ1) is 18.7. The average molecular weight is 383 g/mol. The first-order valence-electron chi connectivity index (χ1n) is 9.63. The van der Waals surface area contributed by atoms with E-state index >= 15 is 0 Å². The Morgan fingerprint density at radius 1 is 1.03 bits per heavy atom. The molecule has 0 bridgehead atoms. The Hall–Kier alpha value is -3.65. The van der Waals surface area contributed by atoms with Crippen molar-refractivity contribution < 1.29 is 9.53 Å². The maximum Gasteiger partial charge on any atom is 0.223 e. The molecular formula is C24H21N3O2. The Labute approximate surface area is 170 Å². The molecule has 0 N–H and O–H groups in total. The molecule has 1 amide bonds. The second-order valence-electron chi connectivity index (χ2n) is 7.11. The zero-order valence-electron chi connectivity index (χ0n) is 15.9. The Balaban J connectivity index is 1.37. The molecule has 1 aliphatic rings. The van der Waals surface area contributed by atoms with Crippen LogP contribution in [0.2, 0.25) is 0 Å². The Bertz CT molecular complexity index is 952. The first-order valence-corrected chi connectivity index (χ1v) is 9.63. The van der Waals surface area contributed by atoms with E-state index in [2.05, 4.69) is 29.2 Å². The molecule has 1 aliphatic heterocycles. The van der Waals surface area contributed by atoms with Gasteiger partial charge in [0, 0.05) is 24.6 Å². The number of ether oxygens (including phenoxy) is 1. The van der Waals surface area contributed by atoms with E-state index in [9.17, 15) is 4.79 Å². The third-order valence-corrected chi connectivity index (χ3v) is 5.14. The van der Waals surface area contributed by atoms with E-state index in [1.807, 2.05) is 47.4 Å². The average Bonchev–Trinajstić information content (AvgIpc) is 2.75. The van der Waals surface area contributed by atoms with E-state index in [-0.39, 0.29) is 17.9 Å². The van der Waals surface area contributed by atoms with Crippen molar-refractivity contribution in [2.45, 2.75) is 18.4 Å². The summed E-state index contributed by atoms with van der Waals surface area (Å²) in [5.41, 5.74) is 2.78. The van der Waals surface area contributed by atoms with Crippen molar-refractivity contribution in [1.29, 1.82) is 5.26 Å². The van der Waals surface area contributed by atoms with Gasteiger partial charge in [0.25, 0.3) is 0 Å². The van der Waals surface area contributed by atoms with Crippen LogP contribution in [0.3, 0.4) is 0 Å².